The minimum atomic E-state index is -0.0271. The zero-order valence-electron chi connectivity index (χ0n) is 9.22. The highest BCUT2D eigenvalue weighted by Gasteiger charge is 2.07. The fourth-order valence-electron chi connectivity index (χ4n) is 1.34. The molecule has 1 N–H and O–H groups in total. The van der Waals surface area contributed by atoms with E-state index in [2.05, 4.69) is 9.97 Å². The lowest BCUT2D eigenvalue weighted by Gasteiger charge is -2.08. The minimum Gasteiger partial charge on any atom is -0.439 e. The SMILES string of the molecule is Cc1c(Cl)ncnc1Oc1cccc(CO)c1. The lowest BCUT2D eigenvalue weighted by Crippen LogP contribution is -1.94. The van der Waals surface area contributed by atoms with Crippen LogP contribution in [0.4, 0.5) is 0 Å². The van der Waals surface area contributed by atoms with Crippen molar-refractivity contribution in [3.63, 3.8) is 0 Å². The Bertz CT molecular complexity index is 532. The number of rotatable bonds is 3. The topological polar surface area (TPSA) is 55.2 Å². The van der Waals surface area contributed by atoms with Gasteiger partial charge in [-0.25, -0.2) is 9.97 Å². The molecule has 0 fully saturated rings. The van der Waals surface area contributed by atoms with Crippen LogP contribution in [0.25, 0.3) is 0 Å². The molecule has 1 heterocycles. The van der Waals surface area contributed by atoms with Crippen molar-refractivity contribution in [3.8, 4) is 11.6 Å². The molecule has 0 aliphatic heterocycles. The van der Waals surface area contributed by atoms with Gasteiger partial charge in [0.25, 0.3) is 0 Å². The lowest BCUT2D eigenvalue weighted by atomic mass is 10.2. The van der Waals surface area contributed by atoms with Crippen molar-refractivity contribution >= 4 is 11.6 Å². The van der Waals surface area contributed by atoms with Crippen LogP contribution in [0, 0.1) is 6.92 Å². The third-order valence-corrected chi connectivity index (χ3v) is 2.65. The first kappa shape index (κ1) is 11.8. The maximum absolute atomic E-state index is 9.02. The monoisotopic (exact) mass is 250 g/mol. The molecular formula is C12H11ClN2O2. The van der Waals surface area contributed by atoms with E-state index >= 15 is 0 Å². The van der Waals surface area contributed by atoms with E-state index in [1.54, 1.807) is 25.1 Å². The second-order valence-electron chi connectivity index (χ2n) is 3.50. The van der Waals surface area contributed by atoms with Crippen LogP contribution in [-0.2, 0) is 6.61 Å². The van der Waals surface area contributed by atoms with Crippen LogP contribution < -0.4 is 4.74 Å². The van der Waals surface area contributed by atoms with E-state index in [1.807, 2.05) is 6.07 Å². The van der Waals surface area contributed by atoms with Crippen LogP contribution in [0.1, 0.15) is 11.1 Å². The third-order valence-electron chi connectivity index (χ3n) is 2.27. The summed E-state index contributed by atoms with van der Waals surface area (Å²) in [6.07, 6.45) is 1.35. The quantitative estimate of drug-likeness (QED) is 0.851. The smallest absolute Gasteiger partial charge is 0.226 e. The lowest BCUT2D eigenvalue weighted by molar-refractivity contribution is 0.281. The van der Waals surface area contributed by atoms with E-state index in [1.165, 1.54) is 6.33 Å². The Labute approximate surface area is 104 Å². The van der Waals surface area contributed by atoms with E-state index < -0.39 is 0 Å². The maximum Gasteiger partial charge on any atom is 0.226 e. The normalized spacial score (nSPS) is 10.3. The van der Waals surface area contributed by atoms with Gasteiger partial charge in [0.2, 0.25) is 5.88 Å². The van der Waals surface area contributed by atoms with E-state index in [4.69, 9.17) is 21.4 Å². The van der Waals surface area contributed by atoms with Gasteiger partial charge in [0, 0.05) is 5.56 Å². The Morgan fingerprint density at radius 2 is 2.18 bits per heavy atom. The number of benzene rings is 1. The highest BCUT2D eigenvalue weighted by atomic mass is 35.5. The average Bonchev–Trinajstić information content (AvgIpc) is 2.35. The van der Waals surface area contributed by atoms with Crippen LogP contribution in [-0.4, -0.2) is 15.1 Å². The van der Waals surface area contributed by atoms with Gasteiger partial charge in [-0.05, 0) is 24.6 Å². The Kier molecular flexibility index (Phi) is 3.56. The highest BCUT2D eigenvalue weighted by molar-refractivity contribution is 6.30. The van der Waals surface area contributed by atoms with Gasteiger partial charge in [0.15, 0.2) is 0 Å². The summed E-state index contributed by atoms with van der Waals surface area (Å²) in [7, 11) is 0. The van der Waals surface area contributed by atoms with Crippen molar-refractivity contribution in [2.75, 3.05) is 0 Å². The zero-order chi connectivity index (χ0) is 12.3. The van der Waals surface area contributed by atoms with Crippen molar-refractivity contribution in [2.45, 2.75) is 13.5 Å². The molecule has 0 saturated carbocycles. The maximum atomic E-state index is 9.02. The molecule has 2 aromatic rings. The van der Waals surface area contributed by atoms with Gasteiger partial charge in [-0.2, -0.15) is 0 Å². The van der Waals surface area contributed by atoms with E-state index in [0.717, 1.165) is 5.56 Å². The largest absolute Gasteiger partial charge is 0.439 e. The molecule has 17 heavy (non-hydrogen) atoms. The van der Waals surface area contributed by atoms with Crippen LogP contribution in [0.15, 0.2) is 30.6 Å². The molecule has 0 amide bonds. The van der Waals surface area contributed by atoms with Crippen molar-refractivity contribution in [1.29, 1.82) is 0 Å². The summed E-state index contributed by atoms with van der Waals surface area (Å²) in [5.41, 5.74) is 1.46. The van der Waals surface area contributed by atoms with Gasteiger partial charge in [0.05, 0.1) is 6.61 Å². The van der Waals surface area contributed by atoms with E-state index in [-0.39, 0.29) is 6.61 Å². The molecule has 0 aliphatic carbocycles. The fourth-order valence-corrected chi connectivity index (χ4v) is 1.46. The standard InChI is InChI=1S/C12H11ClN2O2/c1-8-11(13)14-7-15-12(8)17-10-4-2-3-9(5-10)6-16/h2-5,7,16H,6H2,1H3. The molecule has 5 heteroatoms. The van der Waals surface area contributed by atoms with Crippen LogP contribution >= 0.6 is 11.6 Å². The first-order chi connectivity index (χ1) is 8.20. The molecule has 0 bridgehead atoms. The molecular weight excluding hydrogens is 240 g/mol. The summed E-state index contributed by atoms with van der Waals surface area (Å²) in [5, 5.41) is 9.39. The van der Waals surface area contributed by atoms with Gasteiger partial charge >= 0.3 is 0 Å². The fraction of sp³-hybridized carbons (Fsp3) is 0.167. The Morgan fingerprint density at radius 1 is 1.35 bits per heavy atom. The Hall–Kier alpha value is -1.65. The van der Waals surface area contributed by atoms with Crippen LogP contribution in [0.5, 0.6) is 11.6 Å². The number of ether oxygens (including phenoxy) is 1. The molecule has 1 aromatic heterocycles. The summed E-state index contributed by atoms with van der Waals surface area (Å²) in [6, 6.07) is 7.15. The second kappa shape index (κ2) is 5.12. The predicted octanol–water partition coefficient (Wildman–Crippen LogP) is 2.72. The predicted molar refractivity (Wildman–Crippen MR) is 64.2 cm³/mol. The number of hydrogen-bond acceptors (Lipinski definition) is 4. The number of aromatic nitrogens is 2. The third kappa shape index (κ3) is 2.72. The molecule has 0 saturated heterocycles. The van der Waals surface area contributed by atoms with Gasteiger partial charge in [-0.1, -0.05) is 23.7 Å². The summed E-state index contributed by atoms with van der Waals surface area (Å²) in [5.74, 6) is 1.02. The van der Waals surface area contributed by atoms with Gasteiger partial charge in [-0.15, -0.1) is 0 Å². The summed E-state index contributed by atoms with van der Waals surface area (Å²) in [4.78, 5) is 7.86. The summed E-state index contributed by atoms with van der Waals surface area (Å²) < 4.78 is 5.59. The molecule has 0 radical (unpaired) electrons. The minimum absolute atomic E-state index is 0.0271. The molecule has 2 rings (SSSR count). The second-order valence-corrected chi connectivity index (χ2v) is 3.86. The number of halogens is 1. The van der Waals surface area contributed by atoms with Crippen LogP contribution in [0.3, 0.4) is 0 Å². The summed E-state index contributed by atoms with van der Waals surface area (Å²) >= 11 is 5.87. The van der Waals surface area contributed by atoms with Crippen molar-refractivity contribution in [2.24, 2.45) is 0 Å². The van der Waals surface area contributed by atoms with Crippen LogP contribution in [0.2, 0.25) is 5.15 Å². The van der Waals surface area contributed by atoms with Crippen molar-refractivity contribution in [3.05, 3.63) is 46.9 Å². The van der Waals surface area contributed by atoms with Crippen molar-refractivity contribution < 1.29 is 9.84 Å². The molecule has 4 nitrogen and oxygen atoms in total. The van der Waals surface area contributed by atoms with E-state index in [9.17, 15) is 0 Å². The first-order valence-electron chi connectivity index (χ1n) is 5.05. The molecule has 0 unspecified atom stereocenters. The average molecular weight is 251 g/mol. The number of aliphatic hydroxyl groups is 1. The van der Waals surface area contributed by atoms with E-state index in [0.29, 0.717) is 22.3 Å². The molecule has 0 spiro atoms. The van der Waals surface area contributed by atoms with Gasteiger partial charge in [0.1, 0.15) is 17.2 Å². The molecule has 1 aromatic carbocycles. The number of hydrogen-bond donors (Lipinski definition) is 1. The van der Waals surface area contributed by atoms with Crippen molar-refractivity contribution in [1.82, 2.24) is 9.97 Å². The van der Waals surface area contributed by atoms with Gasteiger partial charge in [-0.3, -0.25) is 0 Å². The Balaban J connectivity index is 2.28. The highest BCUT2D eigenvalue weighted by Crippen LogP contribution is 2.26. The number of aliphatic hydroxyl groups excluding tert-OH is 1. The molecule has 88 valence electrons. The Morgan fingerprint density at radius 3 is 2.94 bits per heavy atom. The zero-order valence-corrected chi connectivity index (χ0v) is 9.98. The molecule has 0 aliphatic rings. The first-order valence-corrected chi connectivity index (χ1v) is 5.43. The summed E-state index contributed by atoms with van der Waals surface area (Å²) in [6.45, 7) is 1.76. The number of nitrogens with zero attached hydrogens (tertiary/aromatic N) is 2. The van der Waals surface area contributed by atoms with Gasteiger partial charge < -0.3 is 9.84 Å². The molecule has 0 atom stereocenters.